The first kappa shape index (κ1) is 22.9. The molecular weight excluding hydrogens is 468 g/mol. The van der Waals surface area contributed by atoms with Gasteiger partial charge in [-0.05, 0) is 23.3 Å². The molecule has 0 saturated heterocycles. The summed E-state index contributed by atoms with van der Waals surface area (Å²) >= 11 is 0. The van der Waals surface area contributed by atoms with Crippen molar-refractivity contribution < 1.29 is 19.2 Å². The van der Waals surface area contributed by atoms with E-state index in [4.69, 9.17) is 9.47 Å². The lowest BCUT2D eigenvalue weighted by Crippen LogP contribution is -2.38. The number of anilines is 2. The van der Waals surface area contributed by atoms with Crippen molar-refractivity contribution in [3.05, 3.63) is 79.6 Å². The number of benzene rings is 2. The van der Waals surface area contributed by atoms with E-state index in [1.54, 1.807) is 0 Å². The number of nitrogens with one attached hydrogen (secondary N) is 3. The average molecular weight is 488 g/mol. The van der Waals surface area contributed by atoms with E-state index in [-0.39, 0.29) is 23.0 Å². The highest BCUT2D eigenvalue weighted by atomic mass is 16.6. The molecule has 0 bridgehead atoms. The molecule has 0 radical (unpaired) electrons. The molecule has 1 aromatic heterocycles. The number of aromatic nitrogens is 2. The fourth-order valence-electron chi connectivity index (χ4n) is 4.26. The van der Waals surface area contributed by atoms with Crippen LogP contribution in [0, 0.1) is 27.4 Å². The highest BCUT2D eigenvalue weighted by Gasteiger charge is 2.40. The van der Waals surface area contributed by atoms with Crippen LogP contribution < -0.4 is 25.7 Å². The van der Waals surface area contributed by atoms with Crippen LogP contribution in [0.1, 0.15) is 29.0 Å². The van der Waals surface area contributed by atoms with Gasteiger partial charge in [-0.2, -0.15) is 10.2 Å². The Hall–Kier alpha value is -4.92. The maximum atomic E-state index is 13.1. The van der Waals surface area contributed by atoms with Gasteiger partial charge in [-0.1, -0.05) is 18.2 Å². The second-order valence-electron chi connectivity index (χ2n) is 8.28. The van der Waals surface area contributed by atoms with E-state index in [9.17, 15) is 25.0 Å². The fraction of sp³-hybridized carbons (Fsp3) is 0.250. The molecular formula is C24H20N6O6. The van der Waals surface area contributed by atoms with E-state index in [1.165, 1.54) is 24.3 Å². The Labute approximate surface area is 204 Å². The van der Waals surface area contributed by atoms with E-state index in [2.05, 4.69) is 20.6 Å². The van der Waals surface area contributed by atoms with Crippen LogP contribution >= 0.6 is 0 Å². The lowest BCUT2D eigenvalue weighted by atomic mass is 9.79. The van der Waals surface area contributed by atoms with E-state index in [0.717, 1.165) is 12.0 Å². The van der Waals surface area contributed by atoms with Crippen LogP contribution in [0.3, 0.4) is 0 Å². The number of carbonyl (C=O) groups is 1. The van der Waals surface area contributed by atoms with Gasteiger partial charge < -0.3 is 20.1 Å². The van der Waals surface area contributed by atoms with Gasteiger partial charge in [0.1, 0.15) is 11.7 Å². The van der Waals surface area contributed by atoms with Crippen LogP contribution in [0.5, 0.6) is 11.5 Å². The van der Waals surface area contributed by atoms with Gasteiger partial charge in [-0.15, -0.1) is 0 Å². The quantitative estimate of drug-likeness (QED) is 0.360. The summed E-state index contributed by atoms with van der Waals surface area (Å²) in [6.07, 6.45) is 0.793. The first-order chi connectivity index (χ1) is 17.4. The van der Waals surface area contributed by atoms with Crippen molar-refractivity contribution in [2.24, 2.45) is 5.92 Å². The standard InChI is InChI=1S/C24H20N6O6/c25-11-16-19(14-3-5-15(6-4-14)30(33)34)20-21(27-22(16)31)28-24(29-23(20)32)26-12-13-2-7-17-18(10-13)36-9-1-8-35-17/h2-7,10,16,19H,1,8-9,12H2,(H3,26,27,28,29,31,32). The van der Waals surface area contributed by atoms with Crippen LogP contribution in [-0.2, 0) is 11.3 Å². The van der Waals surface area contributed by atoms with Gasteiger partial charge >= 0.3 is 0 Å². The summed E-state index contributed by atoms with van der Waals surface area (Å²) in [5, 5.41) is 26.2. The minimum Gasteiger partial charge on any atom is -0.490 e. The Balaban J connectivity index is 1.44. The van der Waals surface area contributed by atoms with Gasteiger partial charge in [0, 0.05) is 31.0 Å². The maximum Gasteiger partial charge on any atom is 0.269 e. The SMILES string of the molecule is N#CC1C(=O)Nc2nc(NCc3ccc4c(c3)OCCCO4)[nH]c(=O)c2C1c1ccc([N+](=O)[O-])cc1. The monoisotopic (exact) mass is 488 g/mol. The van der Waals surface area contributed by atoms with Crippen molar-refractivity contribution in [3.63, 3.8) is 0 Å². The highest BCUT2D eigenvalue weighted by Crippen LogP contribution is 2.38. The number of nitro benzene ring substituents is 1. The molecule has 2 aliphatic rings. The summed E-state index contributed by atoms with van der Waals surface area (Å²) in [5.74, 6) is -1.29. The van der Waals surface area contributed by atoms with Gasteiger partial charge in [0.15, 0.2) is 11.5 Å². The summed E-state index contributed by atoms with van der Waals surface area (Å²) in [5.41, 5.74) is 0.704. The molecule has 2 atom stereocenters. The lowest BCUT2D eigenvalue weighted by Gasteiger charge is -2.28. The third kappa shape index (κ3) is 4.29. The molecule has 3 heterocycles. The molecule has 36 heavy (non-hydrogen) atoms. The zero-order valence-electron chi connectivity index (χ0n) is 18.8. The molecule has 12 heteroatoms. The van der Waals surface area contributed by atoms with Crippen molar-refractivity contribution >= 4 is 23.4 Å². The summed E-state index contributed by atoms with van der Waals surface area (Å²) in [7, 11) is 0. The number of rotatable bonds is 5. The van der Waals surface area contributed by atoms with Crippen molar-refractivity contribution in [1.82, 2.24) is 9.97 Å². The summed E-state index contributed by atoms with van der Waals surface area (Å²) in [6.45, 7) is 1.45. The first-order valence-electron chi connectivity index (χ1n) is 11.2. The van der Waals surface area contributed by atoms with Crippen molar-refractivity contribution in [1.29, 1.82) is 5.26 Å². The number of non-ortho nitro benzene ring substituents is 1. The molecule has 5 rings (SSSR count). The number of amides is 1. The van der Waals surface area contributed by atoms with Crippen LogP contribution in [-0.4, -0.2) is 34.0 Å². The molecule has 1 amide bonds. The van der Waals surface area contributed by atoms with Crippen molar-refractivity contribution in [2.75, 3.05) is 23.8 Å². The van der Waals surface area contributed by atoms with Crippen LogP contribution in [0.4, 0.5) is 17.5 Å². The number of carbonyl (C=O) groups excluding carboxylic acids is 1. The van der Waals surface area contributed by atoms with E-state index < -0.39 is 28.2 Å². The Morgan fingerprint density at radius 1 is 1.14 bits per heavy atom. The number of nitro groups is 1. The first-order valence-corrected chi connectivity index (χ1v) is 11.2. The number of hydrogen-bond donors (Lipinski definition) is 3. The number of nitrogens with zero attached hydrogens (tertiary/aromatic N) is 3. The summed E-state index contributed by atoms with van der Waals surface area (Å²) in [4.78, 5) is 43.3. The lowest BCUT2D eigenvalue weighted by molar-refractivity contribution is -0.384. The van der Waals surface area contributed by atoms with Crippen molar-refractivity contribution in [2.45, 2.75) is 18.9 Å². The van der Waals surface area contributed by atoms with E-state index in [0.29, 0.717) is 36.8 Å². The number of H-pyrrole nitrogens is 1. The molecule has 0 spiro atoms. The topological polar surface area (TPSA) is 172 Å². The Morgan fingerprint density at radius 2 is 1.89 bits per heavy atom. The predicted molar refractivity (Wildman–Crippen MR) is 127 cm³/mol. The maximum absolute atomic E-state index is 13.1. The van der Waals surface area contributed by atoms with E-state index >= 15 is 0 Å². The molecule has 2 unspecified atom stereocenters. The minimum absolute atomic E-state index is 0.0276. The van der Waals surface area contributed by atoms with Gasteiger partial charge in [0.25, 0.3) is 11.2 Å². The number of fused-ring (bicyclic) bond motifs is 2. The van der Waals surface area contributed by atoms with Crippen LogP contribution in [0.25, 0.3) is 0 Å². The number of nitriles is 1. The summed E-state index contributed by atoms with van der Waals surface area (Å²) < 4.78 is 11.3. The molecule has 2 aromatic carbocycles. The summed E-state index contributed by atoms with van der Waals surface area (Å²) in [6, 6.07) is 12.9. The Kier molecular flexibility index (Phi) is 5.95. The number of ether oxygens (including phenoxy) is 2. The van der Waals surface area contributed by atoms with Gasteiger partial charge in [-0.25, -0.2) is 0 Å². The van der Waals surface area contributed by atoms with Gasteiger partial charge in [0.2, 0.25) is 11.9 Å². The molecule has 12 nitrogen and oxygen atoms in total. The third-order valence-corrected chi connectivity index (χ3v) is 6.00. The molecule has 0 saturated carbocycles. The predicted octanol–water partition coefficient (Wildman–Crippen LogP) is 2.68. The second kappa shape index (κ2) is 9.38. The van der Waals surface area contributed by atoms with Gasteiger partial charge in [0.05, 0.1) is 29.8 Å². The number of aromatic amines is 1. The zero-order chi connectivity index (χ0) is 25.2. The Bertz CT molecular complexity index is 1440. The zero-order valence-corrected chi connectivity index (χ0v) is 18.8. The molecule has 0 aliphatic carbocycles. The normalized spacial score (nSPS) is 18.2. The third-order valence-electron chi connectivity index (χ3n) is 6.00. The van der Waals surface area contributed by atoms with Crippen LogP contribution in [0.2, 0.25) is 0 Å². The second-order valence-corrected chi connectivity index (χ2v) is 8.28. The van der Waals surface area contributed by atoms with Crippen LogP contribution in [0.15, 0.2) is 47.3 Å². The Morgan fingerprint density at radius 3 is 2.61 bits per heavy atom. The smallest absolute Gasteiger partial charge is 0.269 e. The molecule has 2 aliphatic heterocycles. The molecule has 0 fully saturated rings. The highest BCUT2D eigenvalue weighted by molar-refractivity contribution is 5.98. The average Bonchev–Trinajstić information content (AvgIpc) is 3.11. The number of hydrogen-bond acceptors (Lipinski definition) is 9. The fourth-order valence-corrected chi connectivity index (χ4v) is 4.26. The molecule has 3 aromatic rings. The molecule has 3 N–H and O–H groups in total. The molecule has 182 valence electrons. The minimum atomic E-state index is -1.21. The van der Waals surface area contributed by atoms with E-state index in [1.807, 2.05) is 24.3 Å². The van der Waals surface area contributed by atoms with Gasteiger partial charge in [-0.3, -0.25) is 24.7 Å². The largest absolute Gasteiger partial charge is 0.490 e. The van der Waals surface area contributed by atoms with Crippen molar-refractivity contribution in [3.8, 4) is 17.6 Å².